The molecule has 202 valence electrons. The van der Waals surface area contributed by atoms with Crippen LogP contribution in [-0.4, -0.2) is 52.6 Å². The second kappa shape index (κ2) is 10.6. The predicted molar refractivity (Wildman–Crippen MR) is 136 cm³/mol. The smallest absolute Gasteiger partial charge is 0.435 e. The molecule has 14 heteroatoms. The van der Waals surface area contributed by atoms with Gasteiger partial charge >= 0.3 is 12.1 Å². The number of hydrogen-bond donors (Lipinski definition) is 2. The minimum Gasteiger partial charge on any atom is -0.497 e. The monoisotopic (exact) mass is 559 g/mol. The van der Waals surface area contributed by atoms with Gasteiger partial charge in [0.2, 0.25) is 5.95 Å². The molecule has 0 unspecified atom stereocenters. The van der Waals surface area contributed by atoms with Gasteiger partial charge in [-0.15, -0.1) is 0 Å². The second-order valence-electron chi connectivity index (χ2n) is 8.17. The lowest BCUT2D eigenvalue weighted by Crippen LogP contribution is -2.10. The number of nitrogens with one attached hydrogen (secondary N) is 1. The Morgan fingerprint density at radius 2 is 1.92 bits per heavy atom. The average Bonchev–Trinajstić information content (AvgIpc) is 3.38. The minimum absolute atomic E-state index is 0.0198. The van der Waals surface area contributed by atoms with Gasteiger partial charge in [-0.25, -0.2) is 22.9 Å². The van der Waals surface area contributed by atoms with Crippen molar-refractivity contribution in [1.82, 2.24) is 19.7 Å². The summed E-state index contributed by atoms with van der Waals surface area (Å²) in [5, 5.41) is 15.4. The van der Waals surface area contributed by atoms with E-state index in [-0.39, 0.29) is 28.1 Å². The molecule has 2 aromatic heterocycles. The maximum Gasteiger partial charge on any atom is 0.435 e. The lowest BCUT2D eigenvalue weighted by atomic mass is 10.0. The third kappa shape index (κ3) is 6.59. The maximum absolute atomic E-state index is 13.3. The lowest BCUT2D eigenvalue weighted by molar-refractivity contribution is -0.141. The summed E-state index contributed by atoms with van der Waals surface area (Å²) < 4.78 is 70.1. The first-order valence-electron chi connectivity index (χ1n) is 11.0. The van der Waals surface area contributed by atoms with Crippen LogP contribution < -0.4 is 10.1 Å². The number of alkyl halides is 3. The van der Waals surface area contributed by atoms with Crippen molar-refractivity contribution in [3.8, 4) is 22.7 Å². The van der Waals surface area contributed by atoms with Crippen LogP contribution in [-0.2, 0) is 20.8 Å². The molecule has 0 spiro atoms. The quantitative estimate of drug-likeness (QED) is 0.297. The Morgan fingerprint density at radius 1 is 1.15 bits per heavy atom. The van der Waals surface area contributed by atoms with Crippen molar-refractivity contribution >= 4 is 33.5 Å². The van der Waals surface area contributed by atoms with Crippen LogP contribution in [0.25, 0.3) is 23.0 Å². The van der Waals surface area contributed by atoms with E-state index in [0.29, 0.717) is 16.7 Å². The van der Waals surface area contributed by atoms with Gasteiger partial charge in [-0.05, 0) is 41.5 Å². The molecule has 0 aliphatic carbocycles. The topological polar surface area (TPSA) is 136 Å². The van der Waals surface area contributed by atoms with E-state index < -0.39 is 27.7 Å². The maximum atomic E-state index is 13.3. The fourth-order valence-electron chi connectivity index (χ4n) is 3.49. The van der Waals surface area contributed by atoms with E-state index >= 15 is 0 Å². The van der Waals surface area contributed by atoms with Crippen molar-refractivity contribution in [1.29, 1.82) is 0 Å². The van der Waals surface area contributed by atoms with Gasteiger partial charge in [0.05, 0.1) is 12.0 Å². The third-order valence-corrected chi connectivity index (χ3v) is 6.37. The summed E-state index contributed by atoms with van der Waals surface area (Å²) >= 11 is 0. The summed E-state index contributed by atoms with van der Waals surface area (Å²) in [5.41, 5.74) is 0.416. The first-order valence-corrected chi connectivity index (χ1v) is 12.9. The fraction of sp³-hybridized carbons (Fsp3) is 0.120. The molecule has 0 fully saturated rings. The van der Waals surface area contributed by atoms with E-state index in [4.69, 9.17) is 9.84 Å². The molecule has 4 rings (SSSR count). The Labute approximate surface area is 220 Å². The molecule has 0 radical (unpaired) electrons. The minimum atomic E-state index is -4.69. The SMILES string of the molecule is COc1cc(Nc2ncc(-c3cccc(C=CC(=O)O)c3)c(-n3ccc(C(F)(F)F)n3)n2)cc(S(C)(=O)=O)c1. The number of ether oxygens (including phenoxy) is 1. The highest BCUT2D eigenvalue weighted by atomic mass is 32.2. The van der Waals surface area contributed by atoms with E-state index in [2.05, 4.69) is 20.4 Å². The van der Waals surface area contributed by atoms with Crippen molar-refractivity contribution in [2.75, 3.05) is 18.7 Å². The molecule has 2 aromatic carbocycles. The van der Waals surface area contributed by atoms with Crippen LogP contribution in [0, 0.1) is 0 Å². The van der Waals surface area contributed by atoms with Crippen LogP contribution >= 0.6 is 0 Å². The van der Waals surface area contributed by atoms with Gasteiger partial charge in [-0.1, -0.05) is 18.2 Å². The molecular weight excluding hydrogens is 539 g/mol. The van der Waals surface area contributed by atoms with Gasteiger partial charge < -0.3 is 15.2 Å². The van der Waals surface area contributed by atoms with Crippen molar-refractivity contribution in [3.63, 3.8) is 0 Å². The Bertz CT molecular complexity index is 1680. The number of aromatic nitrogens is 4. The number of nitrogens with zero attached hydrogens (tertiary/aromatic N) is 4. The molecule has 2 N–H and O–H groups in total. The van der Waals surface area contributed by atoms with Crippen LogP contribution in [0.1, 0.15) is 11.3 Å². The normalized spacial score (nSPS) is 12.0. The first-order chi connectivity index (χ1) is 18.3. The van der Waals surface area contributed by atoms with E-state index in [1.54, 1.807) is 24.3 Å². The fourth-order valence-corrected chi connectivity index (χ4v) is 4.16. The largest absolute Gasteiger partial charge is 0.497 e. The van der Waals surface area contributed by atoms with Gasteiger partial charge in [-0.2, -0.15) is 23.3 Å². The molecule has 39 heavy (non-hydrogen) atoms. The molecule has 0 saturated heterocycles. The zero-order valence-corrected chi connectivity index (χ0v) is 21.2. The number of aliphatic carboxylic acids is 1. The summed E-state index contributed by atoms with van der Waals surface area (Å²) in [6.45, 7) is 0. The van der Waals surface area contributed by atoms with Gasteiger partial charge in [0.1, 0.15) is 5.75 Å². The third-order valence-electron chi connectivity index (χ3n) is 5.28. The van der Waals surface area contributed by atoms with Crippen molar-refractivity contribution in [2.24, 2.45) is 0 Å². The molecule has 0 saturated carbocycles. The Morgan fingerprint density at radius 3 is 2.56 bits per heavy atom. The molecule has 4 aromatic rings. The lowest BCUT2D eigenvalue weighted by Gasteiger charge is -2.13. The van der Waals surface area contributed by atoms with E-state index in [0.717, 1.165) is 29.3 Å². The molecule has 2 heterocycles. The van der Waals surface area contributed by atoms with Crippen LogP contribution in [0.2, 0.25) is 0 Å². The van der Waals surface area contributed by atoms with E-state index in [1.807, 2.05) is 0 Å². The van der Waals surface area contributed by atoms with Crippen LogP contribution in [0.4, 0.5) is 24.8 Å². The highest BCUT2D eigenvalue weighted by Gasteiger charge is 2.34. The van der Waals surface area contributed by atoms with Crippen LogP contribution in [0.15, 0.2) is 71.9 Å². The molecule has 0 amide bonds. The molecule has 0 atom stereocenters. The first kappa shape index (κ1) is 27.3. The summed E-state index contributed by atoms with van der Waals surface area (Å²) in [4.78, 5) is 19.5. The number of carboxylic acids is 1. The average molecular weight is 560 g/mol. The van der Waals surface area contributed by atoms with E-state index in [9.17, 15) is 26.4 Å². The number of benzene rings is 2. The summed E-state index contributed by atoms with van der Waals surface area (Å²) in [6.07, 6.45) is 1.11. The number of methoxy groups -OCH3 is 1. The number of halogens is 3. The number of anilines is 2. The Kier molecular flexibility index (Phi) is 7.40. The van der Waals surface area contributed by atoms with E-state index in [1.165, 1.54) is 37.6 Å². The van der Waals surface area contributed by atoms with Crippen molar-refractivity contribution in [3.05, 3.63) is 78.3 Å². The highest BCUT2D eigenvalue weighted by molar-refractivity contribution is 7.90. The zero-order chi connectivity index (χ0) is 28.4. The molecule has 0 aliphatic heterocycles. The predicted octanol–water partition coefficient (Wildman–Crippen LogP) is 4.60. The van der Waals surface area contributed by atoms with Crippen molar-refractivity contribution < 1.29 is 36.2 Å². The number of carbonyl (C=O) groups is 1. The summed E-state index contributed by atoms with van der Waals surface area (Å²) in [7, 11) is -2.23. The Balaban J connectivity index is 1.83. The molecule has 10 nitrogen and oxygen atoms in total. The highest BCUT2D eigenvalue weighted by Crippen LogP contribution is 2.32. The second-order valence-corrected chi connectivity index (χ2v) is 10.2. The van der Waals surface area contributed by atoms with Gasteiger partial charge in [0.25, 0.3) is 0 Å². The van der Waals surface area contributed by atoms with Gasteiger partial charge in [0.15, 0.2) is 21.3 Å². The standard InChI is InChI=1S/C25H20F3N5O5S/c1-38-18-11-17(12-19(13-18)39(2,36)37)30-24-29-14-20(16-5-3-4-15(10-16)6-7-22(34)35)23(31-24)33-9-8-21(32-33)25(26,27)28/h3-14H,1-2H3,(H,34,35)(H,29,30,31). The van der Waals surface area contributed by atoms with Crippen LogP contribution in [0.3, 0.4) is 0 Å². The van der Waals surface area contributed by atoms with Crippen molar-refractivity contribution in [2.45, 2.75) is 11.1 Å². The summed E-state index contributed by atoms with van der Waals surface area (Å²) in [5.74, 6) is -0.987. The number of sulfone groups is 1. The molecule has 0 bridgehead atoms. The summed E-state index contributed by atoms with van der Waals surface area (Å²) in [6, 6.07) is 11.5. The van der Waals surface area contributed by atoms with Gasteiger partial charge in [-0.3, -0.25) is 0 Å². The Hall–Kier alpha value is -4.72. The zero-order valence-electron chi connectivity index (χ0n) is 20.3. The molecule has 0 aliphatic rings. The molecular formula is C25H20F3N5O5S. The van der Waals surface area contributed by atoms with Gasteiger partial charge in [0, 0.05) is 42.0 Å². The van der Waals surface area contributed by atoms with Crippen LogP contribution in [0.5, 0.6) is 5.75 Å². The number of hydrogen-bond acceptors (Lipinski definition) is 8. The number of rotatable bonds is 8. The number of carboxylic acid groups (broad SMARTS) is 1.